The molecule has 20 heavy (non-hydrogen) atoms. The number of hydrogen-bond acceptors (Lipinski definition) is 3. The highest BCUT2D eigenvalue weighted by atomic mass is 35.5. The van der Waals surface area contributed by atoms with Gasteiger partial charge in [-0.3, -0.25) is 4.79 Å². The highest BCUT2D eigenvalue weighted by Crippen LogP contribution is 2.23. The molecule has 0 unspecified atom stereocenters. The predicted octanol–water partition coefficient (Wildman–Crippen LogP) is 3.05. The molecule has 1 aromatic carbocycles. The first kappa shape index (κ1) is 14.8. The van der Waals surface area contributed by atoms with E-state index >= 15 is 0 Å². The van der Waals surface area contributed by atoms with E-state index in [4.69, 9.17) is 23.2 Å². The van der Waals surface area contributed by atoms with E-state index in [1.54, 1.807) is 25.1 Å². The molecule has 0 aromatic heterocycles. The van der Waals surface area contributed by atoms with Crippen molar-refractivity contribution in [2.45, 2.75) is 25.8 Å². The molecule has 1 saturated heterocycles. The summed E-state index contributed by atoms with van der Waals surface area (Å²) in [5.74, 6) is -0.374. The van der Waals surface area contributed by atoms with Crippen LogP contribution in [0.4, 0.5) is 4.79 Å². The first-order valence-corrected chi connectivity index (χ1v) is 6.78. The van der Waals surface area contributed by atoms with E-state index in [9.17, 15) is 9.59 Å². The van der Waals surface area contributed by atoms with Gasteiger partial charge in [0.25, 0.3) is 5.91 Å². The predicted molar refractivity (Wildman–Crippen MR) is 78.1 cm³/mol. The fourth-order valence-electron chi connectivity index (χ4n) is 1.73. The number of nitrogens with one attached hydrogen (secondary N) is 1. The third-order valence-electron chi connectivity index (χ3n) is 3.21. The number of carbonyl (C=O) groups is 2. The quantitative estimate of drug-likeness (QED) is 0.688. The van der Waals surface area contributed by atoms with E-state index in [1.807, 2.05) is 6.92 Å². The SMILES string of the molecule is CC[C@]1(C)NC(=O)N(/N=C\c2ccc(Cl)c(Cl)c2)C1=O. The maximum atomic E-state index is 12.1. The van der Waals surface area contributed by atoms with Crippen molar-refractivity contribution in [3.63, 3.8) is 0 Å². The van der Waals surface area contributed by atoms with E-state index in [-0.39, 0.29) is 5.91 Å². The molecule has 7 heteroatoms. The summed E-state index contributed by atoms with van der Waals surface area (Å²) < 4.78 is 0. The van der Waals surface area contributed by atoms with E-state index in [2.05, 4.69) is 10.4 Å². The zero-order valence-electron chi connectivity index (χ0n) is 11.0. The van der Waals surface area contributed by atoms with Crippen LogP contribution in [0.15, 0.2) is 23.3 Å². The van der Waals surface area contributed by atoms with Crippen molar-refractivity contribution < 1.29 is 9.59 Å². The highest BCUT2D eigenvalue weighted by Gasteiger charge is 2.46. The van der Waals surface area contributed by atoms with Gasteiger partial charge in [0.15, 0.2) is 0 Å². The Kier molecular flexibility index (Phi) is 4.01. The normalized spacial score (nSPS) is 22.7. The Balaban J connectivity index is 2.21. The Hall–Kier alpha value is -1.59. The van der Waals surface area contributed by atoms with Crippen LogP contribution < -0.4 is 5.32 Å². The van der Waals surface area contributed by atoms with E-state index < -0.39 is 11.6 Å². The third-order valence-corrected chi connectivity index (χ3v) is 3.95. The van der Waals surface area contributed by atoms with Crippen molar-refractivity contribution in [1.29, 1.82) is 0 Å². The maximum Gasteiger partial charge on any atom is 0.346 e. The number of hydrogen-bond donors (Lipinski definition) is 1. The molecule has 5 nitrogen and oxygen atoms in total. The fourth-order valence-corrected chi connectivity index (χ4v) is 2.04. The zero-order chi connectivity index (χ0) is 14.9. The van der Waals surface area contributed by atoms with Gasteiger partial charge in [-0.15, -0.1) is 5.01 Å². The smallest absolute Gasteiger partial charge is 0.322 e. The zero-order valence-corrected chi connectivity index (χ0v) is 12.5. The van der Waals surface area contributed by atoms with Gasteiger partial charge in [-0.05, 0) is 31.0 Å². The van der Waals surface area contributed by atoms with Gasteiger partial charge in [0.1, 0.15) is 5.54 Å². The summed E-state index contributed by atoms with van der Waals surface area (Å²) in [4.78, 5) is 23.8. The van der Waals surface area contributed by atoms with Crippen molar-refractivity contribution in [2.24, 2.45) is 5.10 Å². The molecule has 2 rings (SSSR count). The molecule has 1 aliphatic rings. The van der Waals surface area contributed by atoms with Crippen molar-refractivity contribution >= 4 is 41.4 Å². The van der Waals surface area contributed by atoms with Crippen molar-refractivity contribution in [3.05, 3.63) is 33.8 Å². The number of urea groups is 1. The second-order valence-electron chi connectivity index (χ2n) is 4.65. The molecule has 1 aliphatic heterocycles. The lowest BCUT2D eigenvalue weighted by Gasteiger charge is -2.17. The van der Waals surface area contributed by atoms with Gasteiger partial charge in [-0.2, -0.15) is 5.10 Å². The number of carbonyl (C=O) groups excluding carboxylic acids is 2. The molecular weight excluding hydrogens is 301 g/mol. The molecule has 1 heterocycles. The van der Waals surface area contributed by atoms with Crippen LogP contribution in [-0.2, 0) is 4.79 Å². The summed E-state index contributed by atoms with van der Waals surface area (Å²) in [6.45, 7) is 3.49. The lowest BCUT2D eigenvalue weighted by atomic mass is 10.00. The summed E-state index contributed by atoms with van der Waals surface area (Å²) in [6.07, 6.45) is 1.89. The molecule has 1 fully saturated rings. The third kappa shape index (κ3) is 2.64. The Morgan fingerprint density at radius 2 is 2.05 bits per heavy atom. The van der Waals surface area contributed by atoms with Crippen LogP contribution in [0.5, 0.6) is 0 Å². The maximum absolute atomic E-state index is 12.1. The second kappa shape index (κ2) is 5.42. The summed E-state index contributed by atoms with van der Waals surface area (Å²) in [5, 5.41) is 8.16. The Morgan fingerprint density at radius 1 is 1.35 bits per heavy atom. The molecule has 0 saturated carbocycles. The first-order valence-electron chi connectivity index (χ1n) is 6.03. The molecule has 3 amide bonds. The van der Waals surface area contributed by atoms with Crippen LogP contribution >= 0.6 is 23.2 Å². The van der Waals surface area contributed by atoms with Gasteiger partial charge in [-0.1, -0.05) is 36.2 Å². The van der Waals surface area contributed by atoms with Crippen molar-refractivity contribution in [2.75, 3.05) is 0 Å². The average Bonchev–Trinajstić information content (AvgIpc) is 2.63. The van der Waals surface area contributed by atoms with Crippen LogP contribution in [0.25, 0.3) is 0 Å². The number of amides is 3. The van der Waals surface area contributed by atoms with Gasteiger partial charge in [0.05, 0.1) is 16.3 Å². The number of nitrogens with zero attached hydrogens (tertiary/aromatic N) is 2. The molecule has 0 aliphatic carbocycles. The summed E-state index contributed by atoms with van der Waals surface area (Å²) in [7, 11) is 0. The van der Waals surface area contributed by atoms with Gasteiger partial charge in [0.2, 0.25) is 0 Å². The molecule has 106 valence electrons. The lowest BCUT2D eigenvalue weighted by Crippen LogP contribution is -2.42. The molecule has 0 bridgehead atoms. The van der Waals surface area contributed by atoms with Crippen molar-refractivity contribution in [3.8, 4) is 0 Å². The molecule has 1 N–H and O–H groups in total. The van der Waals surface area contributed by atoms with Crippen LogP contribution in [0, 0.1) is 0 Å². The largest absolute Gasteiger partial charge is 0.346 e. The minimum atomic E-state index is -0.897. The molecule has 0 spiro atoms. The van der Waals surface area contributed by atoms with E-state index in [0.717, 1.165) is 5.01 Å². The van der Waals surface area contributed by atoms with Gasteiger partial charge in [0, 0.05) is 0 Å². The minimum Gasteiger partial charge on any atom is -0.322 e. The number of benzene rings is 1. The summed E-state index contributed by atoms with van der Waals surface area (Å²) in [5.41, 5.74) is -0.253. The van der Waals surface area contributed by atoms with Gasteiger partial charge < -0.3 is 5.32 Å². The highest BCUT2D eigenvalue weighted by molar-refractivity contribution is 6.42. The number of hydrazone groups is 1. The van der Waals surface area contributed by atoms with Crippen LogP contribution in [0.1, 0.15) is 25.8 Å². The first-order chi connectivity index (χ1) is 9.37. The lowest BCUT2D eigenvalue weighted by molar-refractivity contribution is -0.130. The minimum absolute atomic E-state index is 0.374. The molecule has 1 atom stereocenters. The van der Waals surface area contributed by atoms with Crippen LogP contribution in [-0.4, -0.2) is 28.7 Å². The second-order valence-corrected chi connectivity index (χ2v) is 5.47. The molecule has 1 aromatic rings. The standard InChI is InChI=1S/C13H13Cl2N3O2/c1-3-13(2)11(19)18(12(20)17-13)16-7-8-4-5-9(14)10(15)6-8/h4-7H,3H2,1-2H3,(H,17,20)/b16-7-/t13-/m0/s1. The Labute approximate surface area is 126 Å². The summed E-state index contributed by atoms with van der Waals surface area (Å²) >= 11 is 11.7. The Bertz CT molecular complexity index is 603. The number of imide groups is 1. The van der Waals surface area contributed by atoms with Gasteiger partial charge >= 0.3 is 6.03 Å². The topological polar surface area (TPSA) is 61.8 Å². The Morgan fingerprint density at radius 3 is 2.60 bits per heavy atom. The fraction of sp³-hybridized carbons (Fsp3) is 0.308. The van der Waals surface area contributed by atoms with Crippen LogP contribution in [0.3, 0.4) is 0 Å². The number of halogens is 2. The van der Waals surface area contributed by atoms with Gasteiger partial charge in [-0.25, -0.2) is 4.79 Å². The molecular formula is C13H13Cl2N3O2. The summed E-state index contributed by atoms with van der Waals surface area (Å²) in [6, 6.07) is 4.38. The number of rotatable bonds is 3. The average molecular weight is 314 g/mol. The van der Waals surface area contributed by atoms with Crippen molar-refractivity contribution in [1.82, 2.24) is 10.3 Å². The monoisotopic (exact) mass is 313 g/mol. The van der Waals surface area contributed by atoms with E-state index in [0.29, 0.717) is 22.0 Å². The molecule has 0 radical (unpaired) electrons. The van der Waals surface area contributed by atoms with E-state index in [1.165, 1.54) is 6.21 Å². The van der Waals surface area contributed by atoms with Crippen LogP contribution in [0.2, 0.25) is 10.0 Å².